The molecule has 4 rings (SSSR count). The van der Waals surface area contributed by atoms with Crippen molar-refractivity contribution in [2.45, 2.75) is 45.1 Å². The van der Waals surface area contributed by atoms with E-state index in [-0.39, 0.29) is 17.1 Å². The molecule has 2 saturated heterocycles. The molecule has 0 N–H and O–H groups in total. The van der Waals surface area contributed by atoms with Gasteiger partial charge in [0.05, 0.1) is 7.11 Å². The maximum absolute atomic E-state index is 14.2. The molecular formula is C22H29FN2O2. The summed E-state index contributed by atoms with van der Waals surface area (Å²) in [5, 5.41) is 0. The Morgan fingerprint density at radius 1 is 1.22 bits per heavy atom. The SMILES string of the molecule is COc1ccc(F)c(CN2CCC[C@@]3(CCN(C(=O)C4=CCCC4)C3)C2)c1. The minimum absolute atomic E-state index is 0.169. The molecule has 5 heteroatoms. The summed E-state index contributed by atoms with van der Waals surface area (Å²) in [5.41, 5.74) is 1.87. The van der Waals surface area contributed by atoms with Gasteiger partial charge in [-0.1, -0.05) is 6.08 Å². The van der Waals surface area contributed by atoms with Crippen LogP contribution in [0, 0.1) is 11.2 Å². The van der Waals surface area contributed by atoms with Crippen molar-refractivity contribution in [3.8, 4) is 5.75 Å². The van der Waals surface area contributed by atoms with Gasteiger partial charge in [-0.15, -0.1) is 0 Å². The largest absolute Gasteiger partial charge is 0.497 e. The first kappa shape index (κ1) is 18.5. The first-order valence-electron chi connectivity index (χ1n) is 10.1. The number of ether oxygens (including phenoxy) is 1. The van der Waals surface area contributed by atoms with Crippen LogP contribution in [0.15, 0.2) is 29.8 Å². The van der Waals surface area contributed by atoms with Gasteiger partial charge in [0.15, 0.2) is 0 Å². The standard InChI is InChI=1S/C22H29FN2O2/c1-27-19-7-8-20(23)18(13-19)14-24-11-4-9-22(15-24)10-12-25(16-22)21(26)17-5-2-3-6-17/h5,7-8,13H,2-4,6,9-12,14-16H2,1H3/t22-/m1/s1. The molecule has 1 aromatic rings. The van der Waals surface area contributed by atoms with Gasteiger partial charge in [0.1, 0.15) is 11.6 Å². The first-order valence-corrected chi connectivity index (χ1v) is 10.1. The van der Waals surface area contributed by atoms with Crippen LogP contribution in [0.4, 0.5) is 4.39 Å². The molecule has 1 aromatic carbocycles. The summed E-state index contributed by atoms with van der Waals surface area (Å²) in [4.78, 5) is 17.2. The molecule has 3 aliphatic rings. The fraction of sp³-hybridized carbons (Fsp3) is 0.591. The Morgan fingerprint density at radius 2 is 2.11 bits per heavy atom. The molecule has 0 bridgehead atoms. The molecule has 2 fully saturated rings. The smallest absolute Gasteiger partial charge is 0.249 e. The van der Waals surface area contributed by atoms with E-state index in [0.717, 1.165) is 70.3 Å². The van der Waals surface area contributed by atoms with Gasteiger partial charge >= 0.3 is 0 Å². The van der Waals surface area contributed by atoms with Crippen LogP contribution in [0.1, 0.15) is 44.1 Å². The Labute approximate surface area is 161 Å². The molecule has 0 radical (unpaired) electrons. The summed E-state index contributed by atoms with van der Waals surface area (Å²) in [5.74, 6) is 0.771. The number of benzene rings is 1. The summed E-state index contributed by atoms with van der Waals surface area (Å²) in [6.45, 7) is 4.23. The highest BCUT2D eigenvalue weighted by Crippen LogP contribution is 2.40. The van der Waals surface area contributed by atoms with Crippen LogP contribution >= 0.6 is 0 Å². The normalized spacial score (nSPS) is 25.9. The molecule has 1 amide bonds. The fourth-order valence-corrected chi connectivity index (χ4v) is 5.00. The molecule has 146 valence electrons. The van der Waals surface area contributed by atoms with Gasteiger partial charge in [0.2, 0.25) is 5.91 Å². The Morgan fingerprint density at radius 3 is 2.89 bits per heavy atom. The monoisotopic (exact) mass is 372 g/mol. The van der Waals surface area contributed by atoms with E-state index in [1.165, 1.54) is 6.07 Å². The van der Waals surface area contributed by atoms with Gasteiger partial charge in [-0.05, 0) is 63.3 Å². The van der Waals surface area contributed by atoms with Gasteiger partial charge in [-0.2, -0.15) is 0 Å². The number of halogens is 1. The third-order valence-electron chi connectivity index (χ3n) is 6.43. The Kier molecular flexibility index (Phi) is 5.22. The quantitative estimate of drug-likeness (QED) is 0.807. The van der Waals surface area contributed by atoms with Crippen LogP contribution in [-0.4, -0.2) is 49.0 Å². The van der Waals surface area contributed by atoms with E-state index < -0.39 is 0 Å². The average Bonchev–Trinajstić information content (AvgIpc) is 3.34. The van der Waals surface area contributed by atoms with Crippen LogP contribution in [-0.2, 0) is 11.3 Å². The van der Waals surface area contributed by atoms with Crippen molar-refractivity contribution in [2.75, 3.05) is 33.3 Å². The van der Waals surface area contributed by atoms with Gasteiger partial charge < -0.3 is 9.64 Å². The van der Waals surface area contributed by atoms with Crippen molar-refractivity contribution in [1.82, 2.24) is 9.80 Å². The number of carbonyl (C=O) groups is 1. The second-order valence-electron chi connectivity index (χ2n) is 8.37. The summed E-state index contributed by atoms with van der Waals surface area (Å²) in [6, 6.07) is 4.95. The number of methoxy groups -OCH3 is 1. The number of nitrogens with zero attached hydrogens (tertiary/aromatic N) is 2. The highest BCUT2D eigenvalue weighted by atomic mass is 19.1. The number of amides is 1. The van der Waals surface area contributed by atoms with Crippen molar-refractivity contribution in [3.63, 3.8) is 0 Å². The third-order valence-corrected chi connectivity index (χ3v) is 6.43. The number of piperidine rings is 1. The second-order valence-corrected chi connectivity index (χ2v) is 8.37. The van der Waals surface area contributed by atoms with Crippen LogP contribution in [0.2, 0.25) is 0 Å². The van der Waals surface area contributed by atoms with E-state index >= 15 is 0 Å². The van der Waals surface area contributed by atoms with Crippen LogP contribution < -0.4 is 4.74 Å². The molecule has 0 aromatic heterocycles. The lowest BCUT2D eigenvalue weighted by molar-refractivity contribution is -0.126. The molecule has 27 heavy (non-hydrogen) atoms. The minimum atomic E-state index is -0.174. The van der Waals surface area contributed by atoms with E-state index in [0.29, 0.717) is 17.9 Å². The molecule has 2 aliphatic heterocycles. The number of hydrogen-bond donors (Lipinski definition) is 0. The Balaban J connectivity index is 1.42. The van der Waals surface area contributed by atoms with E-state index in [1.807, 2.05) is 0 Å². The summed E-state index contributed by atoms with van der Waals surface area (Å²) in [6.07, 6.45) is 8.53. The molecule has 4 nitrogen and oxygen atoms in total. The summed E-state index contributed by atoms with van der Waals surface area (Å²) >= 11 is 0. The van der Waals surface area contributed by atoms with Crippen molar-refractivity contribution in [1.29, 1.82) is 0 Å². The lowest BCUT2D eigenvalue weighted by Crippen LogP contribution is -2.45. The Bertz CT molecular complexity index is 748. The summed E-state index contributed by atoms with van der Waals surface area (Å²) < 4.78 is 19.5. The van der Waals surface area contributed by atoms with Crippen LogP contribution in [0.5, 0.6) is 5.75 Å². The number of hydrogen-bond acceptors (Lipinski definition) is 3. The number of carbonyl (C=O) groups excluding carboxylic acids is 1. The third kappa shape index (κ3) is 3.88. The minimum Gasteiger partial charge on any atom is -0.497 e. The topological polar surface area (TPSA) is 32.8 Å². The van der Waals surface area contributed by atoms with Crippen molar-refractivity contribution >= 4 is 5.91 Å². The lowest BCUT2D eigenvalue weighted by Gasteiger charge is -2.40. The van der Waals surface area contributed by atoms with E-state index in [1.54, 1.807) is 19.2 Å². The predicted molar refractivity (Wildman–Crippen MR) is 103 cm³/mol. The zero-order valence-corrected chi connectivity index (χ0v) is 16.2. The zero-order valence-electron chi connectivity index (χ0n) is 16.2. The van der Waals surface area contributed by atoms with Crippen molar-refractivity contribution in [2.24, 2.45) is 5.41 Å². The van der Waals surface area contributed by atoms with E-state index in [2.05, 4.69) is 15.9 Å². The van der Waals surface area contributed by atoms with Gasteiger partial charge in [0, 0.05) is 42.7 Å². The molecule has 0 saturated carbocycles. The maximum atomic E-state index is 14.2. The van der Waals surface area contributed by atoms with Crippen molar-refractivity contribution < 1.29 is 13.9 Å². The van der Waals surface area contributed by atoms with Gasteiger partial charge in [-0.3, -0.25) is 9.69 Å². The van der Waals surface area contributed by atoms with E-state index in [9.17, 15) is 9.18 Å². The highest BCUT2D eigenvalue weighted by molar-refractivity contribution is 5.94. The summed E-state index contributed by atoms with van der Waals surface area (Å²) in [7, 11) is 1.61. The molecule has 1 spiro atoms. The molecule has 2 heterocycles. The number of rotatable bonds is 4. The Hall–Kier alpha value is -1.88. The zero-order chi connectivity index (χ0) is 18.9. The molecule has 1 aliphatic carbocycles. The molecule has 1 atom stereocenters. The van der Waals surface area contributed by atoms with Crippen LogP contribution in [0.3, 0.4) is 0 Å². The molecule has 0 unspecified atom stereocenters. The average molecular weight is 372 g/mol. The van der Waals surface area contributed by atoms with Gasteiger partial charge in [0.25, 0.3) is 0 Å². The number of allylic oxidation sites excluding steroid dienone is 1. The number of likely N-dealkylation sites (tertiary alicyclic amines) is 2. The molecular weight excluding hydrogens is 343 g/mol. The second kappa shape index (κ2) is 7.63. The fourth-order valence-electron chi connectivity index (χ4n) is 5.00. The predicted octanol–water partition coefficient (Wildman–Crippen LogP) is 3.76. The van der Waals surface area contributed by atoms with Crippen LogP contribution in [0.25, 0.3) is 0 Å². The lowest BCUT2D eigenvalue weighted by atomic mass is 9.79. The van der Waals surface area contributed by atoms with Crippen molar-refractivity contribution in [3.05, 3.63) is 41.2 Å². The highest BCUT2D eigenvalue weighted by Gasteiger charge is 2.43. The van der Waals surface area contributed by atoms with Gasteiger partial charge in [-0.25, -0.2) is 4.39 Å². The first-order chi connectivity index (χ1) is 13.1. The maximum Gasteiger partial charge on any atom is 0.249 e. The van der Waals surface area contributed by atoms with E-state index in [4.69, 9.17) is 4.74 Å².